The molecule has 1 aromatic heterocycles. The van der Waals surface area contributed by atoms with E-state index in [0.717, 1.165) is 0 Å². The summed E-state index contributed by atoms with van der Waals surface area (Å²) in [4.78, 5) is 0. The van der Waals surface area contributed by atoms with Crippen LogP contribution in [0.2, 0.25) is 0 Å². The van der Waals surface area contributed by atoms with Crippen molar-refractivity contribution in [1.29, 1.82) is 0 Å². The van der Waals surface area contributed by atoms with Gasteiger partial charge < -0.3 is 9.63 Å². The first-order chi connectivity index (χ1) is 6.83. The SMILES string of the molecule is OCc1cnoc1-c1ccccc1F. The third-order valence-corrected chi connectivity index (χ3v) is 1.93. The van der Waals surface area contributed by atoms with Gasteiger partial charge in [-0.3, -0.25) is 0 Å². The van der Waals surface area contributed by atoms with E-state index in [9.17, 15) is 4.39 Å². The van der Waals surface area contributed by atoms with Gasteiger partial charge in [-0.2, -0.15) is 0 Å². The summed E-state index contributed by atoms with van der Waals surface area (Å²) in [6, 6.07) is 6.20. The fourth-order valence-electron chi connectivity index (χ4n) is 1.24. The van der Waals surface area contributed by atoms with Crippen molar-refractivity contribution < 1.29 is 14.0 Å². The fraction of sp³-hybridized carbons (Fsp3) is 0.100. The highest BCUT2D eigenvalue weighted by Gasteiger charge is 2.13. The highest BCUT2D eigenvalue weighted by atomic mass is 19.1. The summed E-state index contributed by atoms with van der Waals surface area (Å²) in [5.74, 6) is -0.107. The minimum absolute atomic E-state index is 0.215. The zero-order valence-corrected chi connectivity index (χ0v) is 7.27. The molecule has 1 heterocycles. The van der Waals surface area contributed by atoms with Crippen LogP contribution in [0.5, 0.6) is 0 Å². The molecule has 2 aromatic rings. The van der Waals surface area contributed by atoms with Gasteiger partial charge >= 0.3 is 0 Å². The van der Waals surface area contributed by atoms with Crippen LogP contribution in [-0.4, -0.2) is 10.3 Å². The van der Waals surface area contributed by atoms with Crippen LogP contribution in [0.1, 0.15) is 5.56 Å². The second kappa shape index (κ2) is 3.59. The summed E-state index contributed by atoms with van der Waals surface area (Å²) in [5, 5.41) is 12.4. The second-order valence-electron chi connectivity index (χ2n) is 2.82. The Morgan fingerprint density at radius 1 is 1.36 bits per heavy atom. The first-order valence-electron chi connectivity index (χ1n) is 4.12. The van der Waals surface area contributed by atoms with Crippen LogP contribution < -0.4 is 0 Å². The first kappa shape index (κ1) is 8.90. The van der Waals surface area contributed by atoms with Crippen molar-refractivity contribution in [2.45, 2.75) is 6.61 Å². The van der Waals surface area contributed by atoms with Crippen LogP contribution in [0.15, 0.2) is 35.0 Å². The van der Waals surface area contributed by atoms with Gasteiger partial charge in [0.25, 0.3) is 0 Å². The molecule has 1 N–H and O–H groups in total. The monoisotopic (exact) mass is 193 g/mol. The number of hydrogen-bond donors (Lipinski definition) is 1. The number of halogens is 1. The van der Waals surface area contributed by atoms with Crippen molar-refractivity contribution >= 4 is 0 Å². The van der Waals surface area contributed by atoms with Crippen molar-refractivity contribution in [3.63, 3.8) is 0 Å². The Balaban J connectivity index is 2.54. The Hall–Kier alpha value is -1.68. The number of aromatic nitrogens is 1. The zero-order chi connectivity index (χ0) is 9.97. The van der Waals surface area contributed by atoms with Crippen LogP contribution in [0.4, 0.5) is 4.39 Å². The van der Waals surface area contributed by atoms with Crippen molar-refractivity contribution in [2.75, 3.05) is 0 Å². The molecule has 0 aliphatic rings. The van der Waals surface area contributed by atoms with Gasteiger partial charge in [-0.25, -0.2) is 4.39 Å². The van der Waals surface area contributed by atoms with Crippen molar-refractivity contribution in [2.24, 2.45) is 0 Å². The second-order valence-corrected chi connectivity index (χ2v) is 2.82. The number of aliphatic hydroxyl groups excluding tert-OH is 1. The molecular formula is C10H8FNO2. The number of rotatable bonds is 2. The summed E-state index contributed by atoms with van der Waals surface area (Å²) in [5.41, 5.74) is 0.796. The van der Waals surface area contributed by atoms with Crippen molar-refractivity contribution in [3.8, 4) is 11.3 Å². The van der Waals surface area contributed by atoms with E-state index < -0.39 is 0 Å². The first-order valence-corrected chi connectivity index (χ1v) is 4.12. The van der Waals surface area contributed by atoms with E-state index in [1.165, 1.54) is 12.3 Å². The van der Waals surface area contributed by atoms with Crippen LogP contribution in [-0.2, 0) is 6.61 Å². The third kappa shape index (κ3) is 1.40. The van der Waals surface area contributed by atoms with E-state index in [1.54, 1.807) is 18.2 Å². The van der Waals surface area contributed by atoms with Crippen LogP contribution >= 0.6 is 0 Å². The Morgan fingerprint density at radius 3 is 2.86 bits per heavy atom. The van der Waals surface area contributed by atoms with E-state index in [2.05, 4.69) is 5.16 Å². The predicted octanol–water partition coefficient (Wildman–Crippen LogP) is 1.97. The Kier molecular flexibility index (Phi) is 2.28. The summed E-state index contributed by atoms with van der Waals surface area (Å²) in [6.07, 6.45) is 1.38. The Labute approximate surface area is 79.8 Å². The summed E-state index contributed by atoms with van der Waals surface area (Å²) in [6.45, 7) is -0.215. The number of aliphatic hydroxyl groups is 1. The lowest BCUT2D eigenvalue weighted by Gasteiger charge is -1.99. The number of benzene rings is 1. The van der Waals surface area contributed by atoms with Crippen molar-refractivity contribution in [3.05, 3.63) is 41.8 Å². The molecule has 2 rings (SSSR count). The zero-order valence-electron chi connectivity index (χ0n) is 7.27. The highest BCUT2D eigenvalue weighted by Crippen LogP contribution is 2.25. The molecule has 0 amide bonds. The predicted molar refractivity (Wildman–Crippen MR) is 47.8 cm³/mol. The lowest BCUT2D eigenvalue weighted by atomic mass is 10.1. The molecule has 4 heteroatoms. The molecule has 0 spiro atoms. The summed E-state index contributed by atoms with van der Waals surface area (Å²) < 4.78 is 18.2. The molecule has 0 atom stereocenters. The molecule has 3 nitrogen and oxygen atoms in total. The molecule has 1 aromatic carbocycles. The van der Waals surface area contributed by atoms with Gasteiger partial charge in [-0.15, -0.1) is 0 Å². The Bertz CT molecular complexity index is 439. The van der Waals surface area contributed by atoms with Crippen LogP contribution in [0, 0.1) is 5.82 Å². The molecule has 72 valence electrons. The van der Waals surface area contributed by atoms with Gasteiger partial charge in [0.2, 0.25) is 0 Å². The van der Waals surface area contributed by atoms with Gasteiger partial charge in [0.15, 0.2) is 5.76 Å². The van der Waals surface area contributed by atoms with E-state index in [1.807, 2.05) is 0 Å². The van der Waals surface area contributed by atoms with Gasteiger partial charge in [-0.1, -0.05) is 17.3 Å². The minimum atomic E-state index is -0.390. The summed E-state index contributed by atoms with van der Waals surface area (Å²) in [7, 11) is 0. The standard InChI is InChI=1S/C10H8FNO2/c11-9-4-2-1-3-8(9)10-7(6-13)5-12-14-10/h1-5,13H,6H2. The van der Waals surface area contributed by atoms with Gasteiger partial charge in [-0.05, 0) is 12.1 Å². The molecule has 14 heavy (non-hydrogen) atoms. The molecule has 0 radical (unpaired) electrons. The number of nitrogens with zero attached hydrogens (tertiary/aromatic N) is 1. The average molecular weight is 193 g/mol. The fourth-order valence-corrected chi connectivity index (χ4v) is 1.24. The minimum Gasteiger partial charge on any atom is -0.391 e. The summed E-state index contributed by atoms with van der Waals surface area (Å²) >= 11 is 0. The average Bonchev–Trinajstić information content (AvgIpc) is 2.66. The lowest BCUT2D eigenvalue weighted by molar-refractivity contribution is 0.281. The quantitative estimate of drug-likeness (QED) is 0.793. The molecule has 0 saturated heterocycles. The maximum atomic E-state index is 13.3. The van der Waals surface area contributed by atoms with Gasteiger partial charge in [0, 0.05) is 5.56 Å². The smallest absolute Gasteiger partial charge is 0.175 e. The molecule has 0 bridgehead atoms. The molecule has 0 fully saturated rings. The van der Waals surface area contributed by atoms with Gasteiger partial charge in [0.05, 0.1) is 18.4 Å². The maximum absolute atomic E-state index is 13.3. The highest BCUT2D eigenvalue weighted by molar-refractivity contribution is 5.61. The van der Waals surface area contributed by atoms with E-state index in [4.69, 9.17) is 9.63 Å². The topological polar surface area (TPSA) is 46.3 Å². The van der Waals surface area contributed by atoms with E-state index in [0.29, 0.717) is 11.1 Å². The van der Waals surface area contributed by atoms with Crippen LogP contribution in [0.25, 0.3) is 11.3 Å². The number of hydrogen-bond acceptors (Lipinski definition) is 3. The lowest BCUT2D eigenvalue weighted by Crippen LogP contribution is -1.86. The van der Waals surface area contributed by atoms with Crippen LogP contribution in [0.3, 0.4) is 0 Å². The molecule has 0 aliphatic heterocycles. The maximum Gasteiger partial charge on any atom is 0.175 e. The molecule has 0 aliphatic carbocycles. The van der Waals surface area contributed by atoms with E-state index in [-0.39, 0.29) is 18.2 Å². The Morgan fingerprint density at radius 2 is 2.14 bits per heavy atom. The largest absolute Gasteiger partial charge is 0.391 e. The van der Waals surface area contributed by atoms with Gasteiger partial charge in [0.1, 0.15) is 5.82 Å². The normalized spacial score (nSPS) is 10.4. The molecule has 0 unspecified atom stereocenters. The third-order valence-electron chi connectivity index (χ3n) is 1.93. The van der Waals surface area contributed by atoms with Crippen molar-refractivity contribution in [1.82, 2.24) is 5.16 Å². The molecular weight excluding hydrogens is 185 g/mol. The van der Waals surface area contributed by atoms with E-state index >= 15 is 0 Å². The molecule has 0 saturated carbocycles.